The van der Waals surface area contributed by atoms with Crippen molar-refractivity contribution in [3.8, 4) is 11.9 Å². The number of rotatable bonds is 9. The number of nitrogens with zero attached hydrogens (tertiary/aromatic N) is 5. The molecule has 4 heterocycles. The Labute approximate surface area is 255 Å². The van der Waals surface area contributed by atoms with E-state index in [2.05, 4.69) is 15.5 Å². The zero-order valence-electron chi connectivity index (χ0n) is 24.7. The molecule has 4 aromatic rings. The number of imidazole rings is 1. The fourth-order valence-electron chi connectivity index (χ4n) is 6.96. The normalized spacial score (nSPS) is 20.7. The molecule has 44 heavy (non-hydrogen) atoms. The molecule has 0 N–H and O–H groups in total. The van der Waals surface area contributed by atoms with E-state index in [1.54, 1.807) is 24.3 Å². The number of pyridine rings is 1. The van der Waals surface area contributed by atoms with Crippen molar-refractivity contribution in [1.82, 2.24) is 19.4 Å². The Morgan fingerprint density at radius 2 is 2.02 bits per heavy atom. The summed E-state index contributed by atoms with van der Waals surface area (Å²) in [6, 6.07) is 17.7. The minimum absolute atomic E-state index is 0.0548. The lowest BCUT2D eigenvalue weighted by Gasteiger charge is -2.48. The molecule has 3 aliphatic rings. The Morgan fingerprint density at radius 3 is 2.77 bits per heavy atom. The van der Waals surface area contributed by atoms with Crippen LogP contribution in [-0.2, 0) is 29.2 Å². The number of methoxy groups -OCH3 is 1. The molecule has 226 valence electrons. The smallest absolute Gasteiger partial charge is 0.337 e. The fourth-order valence-corrected chi connectivity index (χ4v) is 6.96. The summed E-state index contributed by atoms with van der Waals surface area (Å²) in [5, 5.41) is 8.96. The van der Waals surface area contributed by atoms with Crippen molar-refractivity contribution in [2.75, 3.05) is 26.8 Å². The number of hydrogen-bond donors (Lipinski definition) is 0. The molecule has 2 saturated heterocycles. The SMILES string of the molecule is COC(=O)c1ccc2nc(CN3CC4(CCC(c5cccc(OCc6ccc(C#N)cc6F)n5)C4)C3)n(CC3CCO3)c2c1. The number of fused-ring (bicyclic) bond motifs is 1. The molecule has 1 saturated carbocycles. The topological polar surface area (TPSA) is 102 Å². The second kappa shape index (κ2) is 11.6. The van der Waals surface area contributed by atoms with E-state index < -0.39 is 5.82 Å². The maximum Gasteiger partial charge on any atom is 0.337 e. The molecule has 9 nitrogen and oxygen atoms in total. The highest BCUT2D eigenvalue weighted by Crippen LogP contribution is 2.51. The number of carbonyl (C=O) groups is 1. The molecule has 2 aromatic carbocycles. The number of hydrogen-bond acceptors (Lipinski definition) is 8. The Kier molecular flexibility index (Phi) is 7.52. The molecule has 2 aromatic heterocycles. The molecule has 0 bridgehead atoms. The molecule has 2 aliphatic heterocycles. The lowest BCUT2D eigenvalue weighted by atomic mass is 9.77. The molecule has 3 fully saturated rings. The van der Waals surface area contributed by atoms with Crippen LogP contribution in [0, 0.1) is 22.6 Å². The molecular weight excluding hydrogens is 561 g/mol. The van der Waals surface area contributed by atoms with Crippen molar-refractivity contribution in [3.05, 3.63) is 88.6 Å². The average Bonchev–Trinajstić information content (AvgIpc) is 3.59. The third-order valence-electron chi connectivity index (χ3n) is 9.33. The minimum Gasteiger partial charge on any atom is -0.473 e. The van der Waals surface area contributed by atoms with Gasteiger partial charge in [-0.05, 0) is 67.5 Å². The standard InChI is InChI=1S/C34H34FN5O4/c1-42-33(41)23-7-8-29-30(14-23)40(17-26-10-12-43-26)31(37-29)18-39-20-34(21-39)11-9-24(15-34)28-3-2-4-32(38-28)44-19-25-6-5-22(16-36)13-27(25)35/h2-8,13-14,24,26H,9-12,15,17-21H2,1H3. The first kappa shape index (κ1) is 28.4. The molecule has 2 atom stereocenters. The van der Waals surface area contributed by atoms with Crippen molar-refractivity contribution in [2.45, 2.75) is 57.4 Å². The van der Waals surface area contributed by atoms with Crippen LogP contribution in [0.2, 0.25) is 0 Å². The van der Waals surface area contributed by atoms with Crippen molar-refractivity contribution >= 4 is 17.0 Å². The molecule has 7 rings (SSSR count). The van der Waals surface area contributed by atoms with Crippen LogP contribution in [0.1, 0.15) is 64.6 Å². The van der Waals surface area contributed by atoms with Crippen LogP contribution in [0.3, 0.4) is 0 Å². The summed E-state index contributed by atoms with van der Waals surface area (Å²) < 4.78 is 33.0. The number of likely N-dealkylation sites (tertiary alicyclic amines) is 1. The summed E-state index contributed by atoms with van der Waals surface area (Å²) in [5.74, 6) is 1.02. The third-order valence-corrected chi connectivity index (χ3v) is 9.33. The second-order valence-electron chi connectivity index (χ2n) is 12.3. The molecule has 0 radical (unpaired) electrons. The number of esters is 1. The highest BCUT2D eigenvalue weighted by molar-refractivity contribution is 5.93. The van der Waals surface area contributed by atoms with Gasteiger partial charge in [0.15, 0.2) is 0 Å². The van der Waals surface area contributed by atoms with Crippen molar-refractivity contribution in [1.29, 1.82) is 5.26 Å². The Hall–Kier alpha value is -4.33. The monoisotopic (exact) mass is 595 g/mol. The van der Waals surface area contributed by atoms with Crippen molar-refractivity contribution in [2.24, 2.45) is 5.41 Å². The van der Waals surface area contributed by atoms with Gasteiger partial charge in [-0.25, -0.2) is 19.2 Å². The van der Waals surface area contributed by atoms with Crippen LogP contribution in [-0.4, -0.2) is 58.3 Å². The van der Waals surface area contributed by atoms with Gasteiger partial charge in [-0.2, -0.15) is 5.26 Å². The maximum absolute atomic E-state index is 14.3. The van der Waals surface area contributed by atoms with Gasteiger partial charge in [-0.15, -0.1) is 0 Å². The number of ether oxygens (including phenoxy) is 3. The predicted molar refractivity (Wildman–Crippen MR) is 159 cm³/mol. The molecular formula is C34H34FN5O4. The summed E-state index contributed by atoms with van der Waals surface area (Å²) in [5.41, 5.74) is 4.28. The van der Waals surface area contributed by atoms with E-state index in [9.17, 15) is 9.18 Å². The number of aromatic nitrogens is 3. The first-order valence-corrected chi connectivity index (χ1v) is 15.1. The molecule has 0 amide bonds. The summed E-state index contributed by atoms with van der Waals surface area (Å²) >= 11 is 0. The van der Waals surface area contributed by atoms with Gasteiger partial charge in [-0.1, -0.05) is 12.1 Å². The Bertz CT molecular complexity index is 1750. The van der Waals surface area contributed by atoms with Crippen molar-refractivity contribution < 1.29 is 23.4 Å². The molecule has 1 spiro atoms. The van der Waals surface area contributed by atoms with Gasteiger partial charge in [-0.3, -0.25) is 4.90 Å². The highest BCUT2D eigenvalue weighted by Gasteiger charge is 2.48. The summed E-state index contributed by atoms with van der Waals surface area (Å²) in [6.45, 7) is 4.32. The van der Waals surface area contributed by atoms with Gasteiger partial charge in [0.05, 0.1) is 54.5 Å². The number of benzene rings is 2. The van der Waals surface area contributed by atoms with Crippen molar-refractivity contribution in [3.63, 3.8) is 0 Å². The van der Waals surface area contributed by atoms with Gasteiger partial charge in [0.1, 0.15) is 18.2 Å². The average molecular weight is 596 g/mol. The first-order valence-electron chi connectivity index (χ1n) is 15.1. The fraction of sp³-hybridized carbons (Fsp3) is 0.412. The molecule has 10 heteroatoms. The lowest BCUT2D eigenvalue weighted by Crippen LogP contribution is -2.54. The summed E-state index contributed by atoms with van der Waals surface area (Å²) in [6.07, 6.45) is 4.48. The number of halogens is 1. The summed E-state index contributed by atoms with van der Waals surface area (Å²) in [7, 11) is 1.40. The van der Waals surface area contributed by atoms with Crippen LogP contribution in [0.4, 0.5) is 4.39 Å². The van der Waals surface area contributed by atoms with Gasteiger partial charge in [0.25, 0.3) is 0 Å². The molecule has 1 aliphatic carbocycles. The Morgan fingerprint density at radius 1 is 1.16 bits per heavy atom. The second-order valence-corrected chi connectivity index (χ2v) is 12.3. The largest absolute Gasteiger partial charge is 0.473 e. The predicted octanol–water partition coefficient (Wildman–Crippen LogP) is 5.37. The lowest BCUT2D eigenvalue weighted by molar-refractivity contribution is -0.0599. The Balaban J connectivity index is 0.995. The van der Waals surface area contributed by atoms with E-state index in [4.69, 9.17) is 29.4 Å². The van der Waals surface area contributed by atoms with Gasteiger partial charge >= 0.3 is 5.97 Å². The first-order chi connectivity index (χ1) is 21.4. The third kappa shape index (κ3) is 5.53. The van der Waals surface area contributed by atoms with E-state index in [1.165, 1.54) is 13.2 Å². The molecule has 2 unspecified atom stereocenters. The van der Waals surface area contributed by atoms with E-state index in [0.717, 1.165) is 81.0 Å². The van der Waals surface area contributed by atoms with Crippen LogP contribution in [0.25, 0.3) is 11.0 Å². The van der Waals surface area contributed by atoms with E-state index >= 15 is 0 Å². The van der Waals surface area contributed by atoms with Crippen LogP contribution in [0.5, 0.6) is 5.88 Å². The van der Waals surface area contributed by atoms with Crippen LogP contribution in [0.15, 0.2) is 54.6 Å². The van der Waals surface area contributed by atoms with E-state index in [1.807, 2.05) is 24.3 Å². The highest BCUT2D eigenvalue weighted by atomic mass is 19.1. The van der Waals surface area contributed by atoms with E-state index in [-0.39, 0.29) is 29.7 Å². The minimum atomic E-state index is -0.453. The van der Waals surface area contributed by atoms with E-state index in [0.29, 0.717) is 22.9 Å². The number of carbonyl (C=O) groups excluding carboxylic acids is 1. The zero-order chi connectivity index (χ0) is 30.3. The zero-order valence-corrected chi connectivity index (χ0v) is 24.7. The van der Waals surface area contributed by atoms with Gasteiger partial charge < -0.3 is 18.8 Å². The number of nitriles is 1. The van der Waals surface area contributed by atoms with Crippen LogP contribution < -0.4 is 4.74 Å². The maximum atomic E-state index is 14.3. The van der Waals surface area contributed by atoms with Crippen LogP contribution >= 0.6 is 0 Å². The summed E-state index contributed by atoms with van der Waals surface area (Å²) in [4.78, 5) is 24.4. The van der Waals surface area contributed by atoms with Gasteiger partial charge in [0.2, 0.25) is 5.88 Å². The quantitative estimate of drug-likeness (QED) is 0.238. The van der Waals surface area contributed by atoms with Gasteiger partial charge in [0, 0.05) is 42.9 Å².